The molecule has 16 heavy (non-hydrogen) atoms. The fourth-order valence-electron chi connectivity index (χ4n) is 2.02. The van der Waals surface area contributed by atoms with Gasteiger partial charge in [0.2, 0.25) is 0 Å². The van der Waals surface area contributed by atoms with Gasteiger partial charge in [-0.2, -0.15) is 0 Å². The third-order valence-electron chi connectivity index (χ3n) is 2.80. The summed E-state index contributed by atoms with van der Waals surface area (Å²) in [6, 6.07) is 10.8. The van der Waals surface area contributed by atoms with Crippen LogP contribution in [-0.2, 0) is 0 Å². The van der Waals surface area contributed by atoms with Crippen LogP contribution in [0.3, 0.4) is 0 Å². The second kappa shape index (κ2) is 4.36. The zero-order valence-corrected chi connectivity index (χ0v) is 9.83. The number of fused-ring (bicyclic) bond motifs is 1. The van der Waals surface area contributed by atoms with E-state index in [4.69, 9.17) is 0 Å². The maximum Gasteiger partial charge on any atom is -0.0105 e. The summed E-state index contributed by atoms with van der Waals surface area (Å²) in [5, 5.41) is 2.58. The van der Waals surface area contributed by atoms with Gasteiger partial charge in [0.25, 0.3) is 0 Å². The predicted octanol–water partition coefficient (Wildman–Crippen LogP) is 4.82. The monoisotopic (exact) mass is 208 g/mol. The van der Waals surface area contributed by atoms with Crippen molar-refractivity contribution < 1.29 is 0 Å². The lowest BCUT2D eigenvalue weighted by molar-refractivity contribution is 1.50. The Bertz CT molecular complexity index is 560. The van der Waals surface area contributed by atoms with Crippen molar-refractivity contribution in [2.45, 2.75) is 13.8 Å². The van der Waals surface area contributed by atoms with Crippen molar-refractivity contribution in [3.63, 3.8) is 0 Å². The van der Waals surface area contributed by atoms with Crippen LogP contribution in [0, 0.1) is 6.92 Å². The van der Waals surface area contributed by atoms with Gasteiger partial charge in [0.15, 0.2) is 0 Å². The normalized spacial score (nSPS) is 11.1. The smallest absolute Gasteiger partial charge is 0.0105 e. The van der Waals surface area contributed by atoms with Crippen molar-refractivity contribution in [3.8, 4) is 0 Å². The molecule has 0 spiro atoms. The van der Waals surface area contributed by atoms with Gasteiger partial charge in [0.1, 0.15) is 0 Å². The van der Waals surface area contributed by atoms with Crippen molar-refractivity contribution >= 4 is 22.9 Å². The Morgan fingerprint density at radius 1 is 1.12 bits per heavy atom. The highest BCUT2D eigenvalue weighted by atomic mass is 14.1. The van der Waals surface area contributed by atoms with Crippen LogP contribution in [0.15, 0.2) is 43.0 Å². The first-order valence-electron chi connectivity index (χ1n) is 5.54. The SMILES string of the molecule is C=Cc1ccc2cc(C)ccc2c1/C=C\C. The third-order valence-corrected chi connectivity index (χ3v) is 2.80. The van der Waals surface area contributed by atoms with Crippen LogP contribution in [0.5, 0.6) is 0 Å². The lowest BCUT2D eigenvalue weighted by Crippen LogP contribution is -1.85. The largest absolute Gasteiger partial charge is 0.0984 e. The number of benzene rings is 2. The molecular formula is C16H16. The number of hydrogen-bond donors (Lipinski definition) is 0. The quantitative estimate of drug-likeness (QED) is 0.663. The van der Waals surface area contributed by atoms with Gasteiger partial charge >= 0.3 is 0 Å². The van der Waals surface area contributed by atoms with Crippen molar-refractivity contribution in [2.75, 3.05) is 0 Å². The first-order chi connectivity index (χ1) is 7.76. The van der Waals surface area contributed by atoms with Crippen LogP contribution in [0.4, 0.5) is 0 Å². The summed E-state index contributed by atoms with van der Waals surface area (Å²) in [5.41, 5.74) is 3.75. The standard InChI is InChI=1S/C16H16/c1-4-6-15-13(5-2)8-9-14-11-12(3)7-10-16(14)15/h4-11H,2H2,1,3H3/b6-4-. The molecule has 2 rings (SSSR count). The first-order valence-corrected chi connectivity index (χ1v) is 5.54. The summed E-state index contributed by atoms with van der Waals surface area (Å²) < 4.78 is 0. The van der Waals surface area contributed by atoms with Gasteiger partial charge in [0.05, 0.1) is 0 Å². The number of hydrogen-bond acceptors (Lipinski definition) is 0. The summed E-state index contributed by atoms with van der Waals surface area (Å²) in [6.45, 7) is 8.03. The third kappa shape index (κ3) is 1.79. The van der Waals surface area contributed by atoms with Crippen LogP contribution in [-0.4, -0.2) is 0 Å². The molecule has 0 nitrogen and oxygen atoms in total. The van der Waals surface area contributed by atoms with Crippen molar-refractivity contribution in [1.29, 1.82) is 0 Å². The van der Waals surface area contributed by atoms with Gasteiger partial charge in [-0.05, 0) is 35.7 Å². The Balaban J connectivity index is 2.83. The van der Waals surface area contributed by atoms with E-state index < -0.39 is 0 Å². The molecule has 0 radical (unpaired) electrons. The van der Waals surface area contributed by atoms with E-state index in [1.54, 1.807) is 0 Å². The van der Waals surface area contributed by atoms with Gasteiger partial charge in [0, 0.05) is 0 Å². The van der Waals surface area contributed by atoms with Crippen LogP contribution >= 0.6 is 0 Å². The fraction of sp³-hybridized carbons (Fsp3) is 0.125. The molecule has 0 fully saturated rings. The van der Waals surface area contributed by atoms with Gasteiger partial charge < -0.3 is 0 Å². The molecule has 2 aromatic carbocycles. The van der Waals surface area contributed by atoms with Crippen molar-refractivity contribution in [1.82, 2.24) is 0 Å². The summed E-state index contributed by atoms with van der Waals surface area (Å²) >= 11 is 0. The molecule has 0 aliphatic rings. The molecule has 0 bridgehead atoms. The maximum atomic E-state index is 3.86. The molecule has 0 aliphatic heterocycles. The van der Waals surface area contributed by atoms with Crippen LogP contribution in [0.25, 0.3) is 22.9 Å². The van der Waals surface area contributed by atoms with E-state index in [2.05, 4.69) is 56.0 Å². The zero-order valence-electron chi connectivity index (χ0n) is 9.83. The molecule has 0 atom stereocenters. The minimum Gasteiger partial charge on any atom is -0.0984 e. The molecule has 0 aliphatic carbocycles. The van der Waals surface area contributed by atoms with Crippen LogP contribution < -0.4 is 0 Å². The first kappa shape index (κ1) is 10.7. The summed E-state index contributed by atoms with van der Waals surface area (Å²) in [7, 11) is 0. The Kier molecular flexibility index (Phi) is 2.91. The Labute approximate surface area is 96.9 Å². The van der Waals surface area contributed by atoms with Crippen molar-refractivity contribution in [2.24, 2.45) is 0 Å². The van der Waals surface area contributed by atoms with E-state index in [-0.39, 0.29) is 0 Å². The summed E-state index contributed by atoms with van der Waals surface area (Å²) in [6.07, 6.45) is 6.13. The van der Waals surface area contributed by atoms with E-state index in [9.17, 15) is 0 Å². The average molecular weight is 208 g/mol. The Hall–Kier alpha value is -1.82. The minimum absolute atomic E-state index is 1.19. The summed E-state index contributed by atoms with van der Waals surface area (Å²) in [5.74, 6) is 0. The molecule has 80 valence electrons. The van der Waals surface area contributed by atoms with Crippen molar-refractivity contribution in [3.05, 3.63) is 59.7 Å². The second-order valence-corrected chi connectivity index (χ2v) is 4.00. The molecule has 0 N–H and O–H groups in total. The number of rotatable bonds is 2. The van der Waals surface area contributed by atoms with E-state index in [1.165, 1.54) is 27.5 Å². The van der Waals surface area contributed by atoms with Gasteiger partial charge in [-0.25, -0.2) is 0 Å². The maximum absolute atomic E-state index is 3.86. The van der Waals surface area contributed by atoms with E-state index in [0.29, 0.717) is 0 Å². The topological polar surface area (TPSA) is 0 Å². The van der Waals surface area contributed by atoms with Gasteiger partial charge in [-0.15, -0.1) is 0 Å². The molecule has 0 amide bonds. The molecule has 0 heterocycles. The average Bonchev–Trinajstić information content (AvgIpc) is 2.29. The lowest BCUT2D eigenvalue weighted by atomic mass is 9.97. The van der Waals surface area contributed by atoms with Crippen LogP contribution in [0.1, 0.15) is 23.6 Å². The predicted molar refractivity (Wildman–Crippen MR) is 73.5 cm³/mol. The zero-order chi connectivity index (χ0) is 11.5. The molecule has 0 unspecified atom stereocenters. The Morgan fingerprint density at radius 2 is 1.94 bits per heavy atom. The molecule has 2 aromatic rings. The highest BCUT2D eigenvalue weighted by Crippen LogP contribution is 2.25. The Morgan fingerprint density at radius 3 is 2.62 bits per heavy atom. The molecule has 0 saturated carbocycles. The molecule has 0 saturated heterocycles. The second-order valence-electron chi connectivity index (χ2n) is 4.00. The summed E-state index contributed by atoms with van der Waals surface area (Å²) in [4.78, 5) is 0. The molecule has 0 heteroatoms. The highest BCUT2D eigenvalue weighted by molar-refractivity contribution is 5.94. The van der Waals surface area contributed by atoms with Gasteiger partial charge in [-0.1, -0.05) is 60.7 Å². The van der Waals surface area contributed by atoms with E-state index in [1.807, 2.05) is 13.0 Å². The fourth-order valence-corrected chi connectivity index (χ4v) is 2.02. The molecular weight excluding hydrogens is 192 g/mol. The van der Waals surface area contributed by atoms with E-state index in [0.717, 1.165) is 0 Å². The molecule has 0 aromatic heterocycles. The van der Waals surface area contributed by atoms with Gasteiger partial charge in [-0.3, -0.25) is 0 Å². The number of allylic oxidation sites excluding steroid dienone is 1. The highest BCUT2D eigenvalue weighted by Gasteiger charge is 2.02. The van der Waals surface area contributed by atoms with E-state index >= 15 is 0 Å². The van der Waals surface area contributed by atoms with Crippen LogP contribution in [0.2, 0.25) is 0 Å². The number of aryl methyl sites for hydroxylation is 1. The minimum atomic E-state index is 1.19. The lowest BCUT2D eigenvalue weighted by Gasteiger charge is -2.07.